The van der Waals surface area contributed by atoms with Gasteiger partial charge in [0.15, 0.2) is 5.78 Å². The third-order valence-electron chi connectivity index (χ3n) is 4.55. The molecule has 27 heavy (non-hydrogen) atoms. The monoisotopic (exact) mass is 349 g/mol. The van der Waals surface area contributed by atoms with Gasteiger partial charge in [-0.3, -0.25) is 4.79 Å². The van der Waals surface area contributed by atoms with E-state index in [1.807, 2.05) is 36.4 Å². The largest absolute Gasteiger partial charge is 0.563 e. The van der Waals surface area contributed by atoms with Crippen LogP contribution in [0.2, 0.25) is 6.82 Å². The van der Waals surface area contributed by atoms with Crippen LogP contribution in [0.25, 0.3) is 27.3 Å². The van der Waals surface area contributed by atoms with Gasteiger partial charge in [-0.05, 0) is 39.7 Å². The van der Waals surface area contributed by atoms with E-state index in [4.69, 9.17) is 4.65 Å². The summed E-state index contributed by atoms with van der Waals surface area (Å²) in [7, 11) is 1.59. The van der Waals surface area contributed by atoms with Crippen molar-refractivity contribution >= 4 is 40.6 Å². The summed E-state index contributed by atoms with van der Waals surface area (Å²) in [4.78, 5) is 12.6. The van der Waals surface area contributed by atoms with Crippen LogP contribution in [-0.2, 0) is 4.65 Å². The van der Waals surface area contributed by atoms with Gasteiger partial charge in [0.2, 0.25) is 0 Å². The zero-order chi connectivity index (χ0) is 18.6. The molecule has 4 aromatic rings. The molecule has 0 unspecified atom stereocenters. The van der Waals surface area contributed by atoms with E-state index in [0.717, 1.165) is 16.3 Å². The molecule has 0 aliphatic heterocycles. The van der Waals surface area contributed by atoms with Crippen molar-refractivity contribution in [2.75, 3.05) is 0 Å². The highest BCUT2D eigenvalue weighted by molar-refractivity contribution is 6.27. The number of hydrogen-bond acceptors (Lipinski definition) is 2. The molecule has 0 atom stereocenters. The minimum Gasteiger partial charge on any atom is -0.563 e. The molecule has 2 nitrogen and oxygen atoms in total. The maximum Gasteiger partial charge on any atom is 0.366 e. The van der Waals surface area contributed by atoms with Crippen molar-refractivity contribution in [3.63, 3.8) is 0 Å². The molecular weight excluding hydrogens is 331 g/mol. The van der Waals surface area contributed by atoms with Gasteiger partial charge in [0.25, 0.3) is 0 Å². The lowest BCUT2D eigenvalue weighted by Crippen LogP contribution is -2.00. The van der Waals surface area contributed by atoms with Gasteiger partial charge >= 0.3 is 7.48 Å². The molecule has 129 valence electrons. The first-order valence-electron chi connectivity index (χ1n) is 8.93. The molecular formula is C24H18BO2. The quantitative estimate of drug-likeness (QED) is 0.147. The molecule has 0 spiro atoms. The fraction of sp³-hybridized carbons (Fsp3) is 0.0417. The molecule has 0 aromatic heterocycles. The third-order valence-corrected chi connectivity index (χ3v) is 4.55. The summed E-state index contributed by atoms with van der Waals surface area (Å²) in [5.74, 6) is 0.465. The first-order valence-corrected chi connectivity index (χ1v) is 8.93. The molecule has 0 aliphatic rings. The van der Waals surface area contributed by atoms with Crippen molar-refractivity contribution in [3.05, 3.63) is 102 Å². The van der Waals surface area contributed by atoms with E-state index in [1.165, 1.54) is 10.8 Å². The van der Waals surface area contributed by atoms with Crippen LogP contribution in [-0.4, -0.2) is 13.3 Å². The van der Waals surface area contributed by atoms with Gasteiger partial charge in [0, 0.05) is 17.2 Å². The Morgan fingerprint density at radius 2 is 1.37 bits per heavy atom. The van der Waals surface area contributed by atoms with Crippen LogP contribution in [0, 0.1) is 0 Å². The minimum atomic E-state index is -0.0777. The molecule has 0 bridgehead atoms. The highest BCUT2D eigenvalue weighted by atomic mass is 16.4. The standard InChI is InChI=1S/C24H18BO2/c1-25-27-24(16-23(26)17-7-3-2-4-8-17)21-12-11-20-13-18-9-5-6-10-19(18)14-22(20)15-21/h2-16H,1H3/b24-16-. The normalized spacial score (nSPS) is 11.5. The average Bonchev–Trinajstić information content (AvgIpc) is 2.72. The summed E-state index contributed by atoms with van der Waals surface area (Å²) in [5, 5.41) is 4.68. The number of fused-ring (bicyclic) bond motifs is 2. The molecule has 0 N–H and O–H groups in total. The summed E-state index contributed by atoms with van der Waals surface area (Å²) >= 11 is 0. The first-order chi connectivity index (χ1) is 13.2. The van der Waals surface area contributed by atoms with E-state index in [0.29, 0.717) is 11.3 Å². The molecule has 0 saturated heterocycles. The maximum absolute atomic E-state index is 12.6. The summed E-state index contributed by atoms with van der Waals surface area (Å²) in [6, 6.07) is 28.0. The van der Waals surface area contributed by atoms with Crippen LogP contribution < -0.4 is 0 Å². The summed E-state index contributed by atoms with van der Waals surface area (Å²) in [6.45, 7) is 1.80. The smallest absolute Gasteiger partial charge is 0.366 e. The summed E-state index contributed by atoms with van der Waals surface area (Å²) in [5.41, 5.74) is 1.52. The van der Waals surface area contributed by atoms with Gasteiger partial charge in [0.1, 0.15) is 5.76 Å². The Kier molecular flexibility index (Phi) is 4.76. The van der Waals surface area contributed by atoms with Crippen molar-refractivity contribution in [2.24, 2.45) is 0 Å². The molecule has 0 fully saturated rings. The van der Waals surface area contributed by atoms with Crippen molar-refractivity contribution < 1.29 is 9.45 Å². The van der Waals surface area contributed by atoms with E-state index in [9.17, 15) is 4.79 Å². The fourth-order valence-corrected chi connectivity index (χ4v) is 3.21. The van der Waals surface area contributed by atoms with Crippen LogP contribution in [0.3, 0.4) is 0 Å². The lowest BCUT2D eigenvalue weighted by molar-refractivity contribution is 0.104. The Balaban J connectivity index is 1.78. The Morgan fingerprint density at radius 3 is 2.07 bits per heavy atom. The van der Waals surface area contributed by atoms with Crippen LogP contribution >= 0.6 is 0 Å². The predicted molar refractivity (Wildman–Crippen MR) is 113 cm³/mol. The molecule has 4 rings (SSSR count). The number of hydrogen-bond donors (Lipinski definition) is 0. The Hall–Kier alpha value is -3.33. The van der Waals surface area contributed by atoms with Gasteiger partial charge in [-0.2, -0.15) is 0 Å². The molecule has 4 aromatic carbocycles. The summed E-state index contributed by atoms with van der Waals surface area (Å²) in [6.07, 6.45) is 1.55. The van der Waals surface area contributed by atoms with Crippen molar-refractivity contribution in [1.82, 2.24) is 0 Å². The minimum absolute atomic E-state index is 0.0777. The number of benzene rings is 4. The second-order valence-corrected chi connectivity index (χ2v) is 6.35. The van der Waals surface area contributed by atoms with Gasteiger partial charge in [-0.25, -0.2) is 0 Å². The zero-order valence-corrected chi connectivity index (χ0v) is 15.1. The van der Waals surface area contributed by atoms with E-state index < -0.39 is 0 Å². The van der Waals surface area contributed by atoms with Crippen LogP contribution in [0.1, 0.15) is 15.9 Å². The number of carbonyl (C=O) groups is 1. The van der Waals surface area contributed by atoms with E-state index >= 15 is 0 Å². The topological polar surface area (TPSA) is 26.3 Å². The predicted octanol–water partition coefficient (Wildman–Crippen LogP) is 5.90. The lowest BCUT2D eigenvalue weighted by Gasteiger charge is -2.11. The third kappa shape index (κ3) is 3.63. The molecule has 0 amide bonds. The maximum atomic E-state index is 12.6. The van der Waals surface area contributed by atoms with E-state index in [-0.39, 0.29) is 5.78 Å². The van der Waals surface area contributed by atoms with Crippen molar-refractivity contribution in [2.45, 2.75) is 6.82 Å². The Morgan fingerprint density at radius 1 is 0.741 bits per heavy atom. The lowest BCUT2D eigenvalue weighted by atomic mass is 9.99. The van der Waals surface area contributed by atoms with Crippen molar-refractivity contribution in [3.8, 4) is 0 Å². The summed E-state index contributed by atoms with van der Waals surface area (Å²) < 4.78 is 5.67. The van der Waals surface area contributed by atoms with Crippen molar-refractivity contribution in [1.29, 1.82) is 0 Å². The number of carbonyl (C=O) groups excluding carboxylic acids is 1. The van der Waals surface area contributed by atoms with Gasteiger partial charge in [0.05, 0.1) is 0 Å². The molecule has 0 saturated carbocycles. The molecule has 0 heterocycles. The number of rotatable bonds is 5. The Bertz CT molecular complexity index is 1150. The molecule has 0 aliphatic carbocycles. The SMILES string of the molecule is C[B]O/C(=C\C(=O)c1ccccc1)c1ccc2cc3ccccc3cc2c1. The fourth-order valence-electron chi connectivity index (χ4n) is 3.21. The first kappa shape index (κ1) is 17.1. The van der Waals surface area contributed by atoms with Gasteiger partial charge in [-0.15, -0.1) is 0 Å². The second-order valence-electron chi connectivity index (χ2n) is 6.35. The van der Waals surface area contributed by atoms with Crippen LogP contribution in [0.5, 0.6) is 0 Å². The van der Waals surface area contributed by atoms with Gasteiger partial charge in [-0.1, -0.05) is 73.6 Å². The average molecular weight is 349 g/mol. The van der Waals surface area contributed by atoms with Crippen LogP contribution in [0.4, 0.5) is 0 Å². The zero-order valence-electron chi connectivity index (χ0n) is 15.1. The molecule has 3 heteroatoms. The Labute approximate surface area is 159 Å². The van der Waals surface area contributed by atoms with E-state index in [2.05, 4.69) is 36.4 Å². The van der Waals surface area contributed by atoms with Crippen LogP contribution in [0.15, 0.2) is 91.0 Å². The second kappa shape index (κ2) is 7.51. The highest BCUT2D eigenvalue weighted by Crippen LogP contribution is 2.27. The highest BCUT2D eigenvalue weighted by Gasteiger charge is 2.09. The number of ketones is 1. The van der Waals surface area contributed by atoms with E-state index in [1.54, 1.807) is 32.5 Å². The molecule has 1 radical (unpaired) electrons. The van der Waals surface area contributed by atoms with Gasteiger partial charge < -0.3 is 4.65 Å². The number of allylic oxidation sites excluding steroid dienone is 1.